The topological polar surface area (TPSA) is 79.7 Å². The Kier molecular flexibility index (Phi) is 5.29. The summed E-state index contributed by atoms with van der Waals surface area (Å²) in [5, 5.41) is 4.41. The molecule has 3 aromatic rings. The highest BCUT2D eigenvalue weighted by atomic mass is 32.2. The van der Waals surface area contributed by atoms with Gasteiger partial charge in [-0.25, -0.2) is 13.1 Å². The Hall–Kier alpha value is -2.84. The van der Waals surface area contributed by atoms with Crippen LogP contribution in [0, 0.1) is 0 Å². The standard InChI is InChI=1S/C21H22N2O5S/c1-26-20-8-3-15(13-21(20)28-17-10-12-27-14-17)19-9-11-22-23(19)16-4-6-18(7-5-16)29(2,24)25/h3-9,11,13,17H,10,12,14H2,1-2H3. The van der Waals surface area contributed by atoms with Gasteiger partial charge in [0.15, 0.2) is 21.3 Å². The van der Waals surface area contributed by atoms with Crippen molar-refractivity contribution in [3.05, 3.63) is 54.7 Å². The second kappa shape index (κ2) is 7.88. The van der Waals surface area contributed by atoms with E-state index in [9.17, 15) is 8.42 Å². The lowest BCUT2D eigenvalue weighted by atomic mass is 10.1. The number of benzene rings is 2. The molecule has 7 nitrogen and oxygen atoms in total. The Bertz CT molecular complexity index is 1100. The second-order valence-electron chi connectivity index (χ2n) is 6.86. The fraction of sp³-hybridized carbons (Fsp3) is 0.286. The van der Waals surface area contributed by atoms with Crippen LogP contribution in [0.3, 0.4) is 0 Å². The zero-order valence-corrected chi connectivity index (χ0v) is 17.1. The van der Waals surface area contributed by atoms with Crippen molar-refractivity contribution in [3.63, 3.8) is 0 Å². The molecule has 2 aromatic carbocycles. The number of rotatable bonds is 6. The number of nitrogens with zero attached hydrogens (tertiary/aromatic N) is 2. The molecule has 0 bridgehead atoms. The fourth-order valence-corrected chi connectivity index (χ4v) is 3.91. The lowest BCUT2D eigenvalue weighted by Gasteiger charge is -2.16. The molecule has 4 rings (SSSR count). The minimum atomic E-state index is -3.25. The van der Waals surface area contributed by atoms with Crippen LogP contribution in [0.2, 0.25) is 0 Å². The molecule has 0 aliphatic carbocycles. The van der Waals surface area contributed by atoms with Crippen LogP contribution in [0.1, 0.15) is 6.42 Å². The van der Waals surface area contributed by atoms with Crippen molar-refractivity contribution >= 4 is 9.84 Å². The minimum Gasteiger partial charge on any atom is -0.493 e. The zero-order valence-electron chi connectivity index (χ0n) is 16.2. The first-order chi connectivity index (χ1) is 14.0. The summed E-state index contributed by atoms with van der Waals surface area (Å²) in [6.07, 6.45) is 3.75. The summed E-state index contributed by atoms with van der Waals surface area (Å²) in [5.74, 6) is 1.31. The second-order valence-corrected chi connectivity index (χ2v) is 8.88. The molecule has 8 heteroatoms. The number of methoxy groups -OCH3 is 1. The molecule has 0 amide bonds. The fourth-order valence-electron chi connectivity index (χ4n) is 3.28. The number of hydrogen-bond acceptors (Lipinski definition) is 6. The van der Waals surface area contributed by atoms with E-state index in [1.807, 2.05) is 24.3 Å². The monoisotopic (exact) mass is 414 g/mol. The number of aromatic nitrogens is 2. The lowest BCUT2D eigenvalue weighted by molar-refractivity contribution is 0.138. The minimum absolute atomic E-state index is 0.00704. The van der Waals surface area contributed by atoms with Crippen molar-refractivity contribution in [3.8, 4) is 28.4 Å². The molecule has 0 N–H and O–H groups in total. The Labute approximate surface area is 169 Å². The van der Waals surface area contributed by atoms with Gasteiger partial charge >= 0.3 is 0 Å². The summed E-state index contributed by atoms with van der Waals surface area (Å²) in [6.45, 7) is 1.26. The number of ether oxygens (including phenoxy) is 3. The molecule has 1 atom stereocenters. The Balaban J connectivity index is 1.68. The Morgan fingerprint density at radius 1 is 1.10 bits per heavy atom. The summed E-state index contributed by atoms with van der Waals surface area (Å²) >= 11 is 0. The third-order valence-corrected chi connectivity index (χ3v) is 5.92. The van der Waals surface area contributed by atoms with Gasteiger partial charge in [-0.3, -0.25) is 0 Å². The molecule has 0 spiro atoms. The predicted octanol–water partition coefficient (Wildman–Crippen LogP) is 3.12. The van der Waals surface area contributed by atoms with E-state index in [4.69, 9.17) is 14.2 Å². The SMILES string of the molecule is COc1ccc(-c2ccnn2-c2ccc(S(C)(=O)=O)cc2)cc1OC1CCOC1. The average Bonchev–Trinajstić information content (AvgIpc) is 3.39. The summed E-state index contributed by atoms with van der Waals surface area (Å²) in [7, 11) is -1.63. The molecule has 1 aromatic heterocycles. The maximum atomic E-state index is 11.7. The van der Waals surface area contributed by atoms with Crippen LogP contribution in [0.25, 0.3) is 16.9 Å². The quantitative estimate of drug-likeness (QED) is 0.617. The van der Waals surface area contributed by atoms with Gasteiger partial charge in [0.1, 0.15) is 6.10 Å². The molecule has 1 aliphatic heterocycles. The first-order valence-corrected chi connectivity index (χ1v) is 11.1. The number of sulfone groups is 1. The molecule has 1 saturated heterocycles. The van der Waals surface area contributed by atoms with Crippen LogP contribution in [0.15, 0.2) is 59.6 Å². The van der Waals surface area contributed by atoms with Crippen LogP contribution in [-0.2, 0) is 14.6 Å². The highest BCUT2D eigenvalue weighted by molar-refractivity contribution is 7.90. The van der Waals surface area contributed by atoms with E-state index in [2.05, 4.69) is 5.10 Å². The highest BCUT2D eigenvalue weighted by Gasteiger charge is 2.20. The molecule has 1 fully saturated rings. The Morgan fingerprint density at radius 3 is 2.55 bits per heavy atom. The van der Waals surface area contributed by atoms with Gasteiger partial charge in [0, 0.05) is 18.2 Å². The lowest BCUT2D eigenvalue weighted by Crippen LogP contribution is -2.16. The summed E-state index contributed by atoms with van der Waals surface area (Å²) in [5.41, 5.74) is 2.52. The van der Waals surface area contributed by atoms with Gasteiger partial charge in [-0.15, -0.1) is 0 Å². The van der Waals surface area contributed by atoms with Gasteiger partial charge in [-0.05, 0) is 48.5 Å². The van der Waals surface area contributed by atoms with Gasteiger partial charge in [-0.2, -0.15) is 5.10 Å². The molecule has 0 saturated carbocycles. The van der Waals surface area contributed by atoms with E-state index < -0.39 is 9.84 Å². The van der Waals surface area contributed by atoms with Crippen molar-refractivity contribution in [2.45, 2.75) is 17.4 Å². The Morgan fingerprint density at radius 2 is 1.90 bits per heavy atom. The first kappa shape index (κ1) is 19.5. The summed E-state index contributed by atoms with van der Waals surface area (Å²) < 4.78 is 42.1. The average molecular weight is 414 g/mol. The van der Waals surface area contributed by atoms with Crippen molar-refractivity contribution < 1.29 is 22.6 Å². The number of hydrogen-bond donors (Lipinski definition) is 0. The van der Waals surface area contributed by atoms with Crippen molar-refractivity contribution in [2.24, 2.45) is 0 Å². The van der Waals surface area contributed by atoms with Crippen LogP contribution in [0.5, 0.6) is 11.5 Å². The molecule has 0 radical (unpaired) electrons. The van der Waals surface area contributed by atoms with E-state index in [0.29, 0.717) is 24.7 Å². The van der Waals surface area contributed by atoms with E-state index in [-0.39, 0.29) is 11.0 Å². The maximum Gasteiger partial charge on any atom is 0.175 e. The van der Waals surface area contributed by atoms with Gasteiger partial charge in [0.2, 0.25) is 0 Å². The van der Waals surface area contributed by atoms with E-state index in [1.165, 1.54) is 6.26 Å². The molecular formula is C21H22N2O5S. The van der Waals surface area contributed by atoms with Crippen molar-refractivity contribution in [2.75, 3.05) is 26.6 Å². The van der Waals surface area contributed by atoms with Gasteiger partial charge < -0.3 is 14.2 Å². The summed E-state index contributed by atoms with van der Waals surface area (Å²) in [4.78, 5) is 0.272. The van der Waals surface area contributed by atoms with E-state index in [0.717, 1.165) is 23.4 Å². The van der Waals surface area contributed by atoms with Crippen LogP contribution < -0.4 is 9.47 Å². The van der Waals surface area contributed by atoms with Crippen molar-refractivity contribution in [1.82, 2.24) is 9.78 Å². The van der Waals surface area contributed by atoms with E-state index >= 15 is 0 Å². The van der Waals surface area contributed by atoms with Crippen molar-refractivity contribution in [1.29, 1.82) is 0 Å². The molecule has 152 valence electrons. The molecule has 2 heterocycles. The smallest absolute Gasteiger partial charge is 0.175 e. The predicted molar refractivity (Wildman–Crippen MR) is 109 cm³/mol. The third-order valence-electron chi connectivity index (χ3n) is 4.79. The van der Waals surface area contributed by atoms with Gasteiger partial charge in [-0.1, -0.05) is 0 Å². The first-order valence-electron chi connectivity index (χ1n) is 9.23. The van der Waals surface area contributed by atoms with Crippen LogP contribution in [-0.4, -0.2) is 50.9 Å². The molecule has 1 aliphatic rings. The highest BCUT2D eigenvalue weighted by Crippen LogP contribution is 2.34. The largest absolute Gasteiger partial charge is 0.493 e. The van der Waals surface area contributed by atoms with Gasteiger partial charge in [0.25, 0.3) is 0 Å². The zero-order chi connectivity index (χ0) is 20.4. The van der Waals surface area contributed by atoms with Crippen LogP contribution >= 0.6 is 0 Å². The van der Waals surface area contributed by atoms with E-state index in [1.54, 1.807) is 42.3 Å². The van der Waals surface area contributed by atoms with Crippen LogP contribution in [0.4, 0.5) is 0 Å². The summed E-state index contributed by atoms with van der Waals surface area (Å²) in [6, 6.07) is 14.3. The normalized spacial score (nSPS) is 16.7. The third kappa shape index (κ3) is 4.13. The van der Waals surface area contributed by atoms with Gasteiger partial charge in [0.05, 0.1) is 42.8 Å². The maximum absolute atomic E-state index is 11.7. The molecule has 1 unspecified atom stereocenters. The molecule has 29 heavy (non-hydrogen) atoms. The molecular weight excluding hydrogens is 392 g/mol.